The maximum absolute atomic E-state index is 12.2. The van der Waals surface area contributed by atoms with Gasteiger partial charge in [0.1, 0.15) is 6.61 Å². The van der Waals surface area contributed by atoms with Crippen LogP contribution in [0.1, 0.15) is 12.0 Å². The van der Waals surface area contributed by atoms with Crippen LogP contribution in [0.4, 0.5) is 0 Å². The monoisotopic (exact) mass is 338 g/mol. The Morgan fingerprint density at radius 2 is 2.17 bits per heavy atom. The number of aryl methyl sites for hydroxylation is 1. The summed E-state index contributed by atoms with van der Waals surface area (Å²) in [4.78, 5) is 16.2. The number of hydrogen-bond donors (Lipinski definition) is 0. The van der Waals surface area contributed by atoms with Crippen LogP contribution < -0.4 is 0 Å². The van der Waals surface area contributed by atoms with Crippen molar-refractivity contribution in [1.82, 2.24) is 19.6 Å². The number of carbonyl (C=O) groups is 1. The van der Waals surface area contributed by atoms with Crippen LogP contribution in [-0.2, 0) is 32.6 Å². The van der Waals surface area contributed by atoms with Crippen LogP contribution in [0.25, 0.3) is 0 Å². The Labute approximate surface area is 142 Å². The van der Waals surface area contributed by atoms with Crippen molar-refractivity contribution in [3.05, 3.63) is 18.0 Å². The van der Waals surface area contributed by atoms with Gasteiger partial charge < -0.3 is 19.1 Å². The summed E-state index contributed by atoms with van der Waals surface area (Å²) in [6.45, 7) is 4.61. The maximum atomic E-state index is 12.2. The van der Waals surface area contributed by atoms with Crippen LogP contribution in [0.2, 0.25) is 0 Å². The normalized spacial score (nSPS) is 25.8. The zero-order valence-corrected chi connectivity index (χ0v) is 14.4. The van der Waals surface area contributed by atoms with E-state index < -0.39 is 5.79 Å². The Bertz CT molecular complexity index is 564. The summed E-state index contributed by atoms with van der Waals surface area (Å²) in [5.74, 6) is -0.771. The van der Waals surface area contributed by atoms with E-state index in [-0.39, 0.29) is 12.5 Å². The zero-order valence-electron chi connectivity index (χ0n) is 14.4. The Morgan fingerprint density at radius 1 is 1.33 bits per heavy atom. The van der Waals surface area contributed by atoms with Crippen molar-refractivity contribution in [1.29, 1.82) is 0 Å². The van der Waals surface area contributed by atoms with Gasteiger partial charge in [-0.1, -0.05) is 0 Å². The lowest BCUT2D eigenvalue weighted by atomic mass is 10.2. The van der Waals surface area contributed by atoms with Gasteiger partial charge in [-0.2, -0.15) is 5.10 Å². The van der Waals surface area contributed by atoms with E-state index in [1.807, 2.05) is 24.1 Å². The van der Waals surface area contributed by atoms with Crippen LogP contribution >= 0.6 is 0 Å². The molecule has 1 amide bonds. The Hall–Kier alpha value is -1.48. The van der Waals surface area contributed by atoms with Gasteiger partial charge in [-0.3, -0.25) is 14.4 Å². The molecule has 1 unspecified atom stereocenters. The molecule has 24 heavy (non-hydrogen) atoms. The standard InChI is InChI=1S/C16H26N4O4/c1-18-9-14(8-17-18)10-19-4-3-6-23-16(12-19)13-20(5-7-24-16)15(21)11-22-2/h8-9H,3-7,10-13H2,1-2H3. The number of hydrogen-bond acceptors (Lipinski definition) is 6. The van der Waals surface area contributed by atoms with Crippen LogP contribution in [-0.4, -0.2) is 84.4 Å². The highest BCUT2D eigenvalue weighted by molar-refractivity contribution is 5.77. The van der Waals surface area contributed by atoms with E-state index in [2.05, 4.69) is 10.00 Å². The van der Waals surface area contributed by atoms with Gasteiger partial charge in [0, 0.05) is 45.6 Å². The molecule has 3 rings (SSSR count). The summed E-state index contributed by atoms with van der Waals surface area (Å²) in [6.07, 6.45) is 4.85. The first-order valence-corrected chi connectivity index (χ1v) is 8.35. The topological polar surface area (TPSA) is 69.1 Å². The van der Waals surface area contributed by atoms with Crippen molar-refractivity contribution in [2.75, 3.05) is 53.1 Å². The second kappa shape index (κ2) is 7.60. The van der Waals surface area contributed by atoms with Crippen LogP contribution in [0.3, 0.4) is 0 Å². The van der Waals surface area contributed by atoms with Crippen molar-refractivity contribution >= 4 is 5.91 Å². The number of ether oxygens (including phenoxy) is 3. The zero-order chi connectivity index (χ0) is 17.0. The van der Waals surface area contributed by atoms with E-state index in [0.717, 1.165) is 25.1 Å². The molecule has 2 saturated heterocycles. The molecule has 0 bridgehead atoms. The highest BCUT2D eigenvalue weighted by atomic mass is 16.7. The quantitative estimate of drug-likeness (QED) is 0.760. The molecule has 1 atom stereocenters. The average Bonchev–Trinajstić information content (AvgIpc) is 2.87. The van der Waals surface area contributed by atoms with Gasteiger partial charge in [0.15, 0.2) is 5.79 Å². The van der Waals surface area contributed by atoms with Crippen molar-refractivity contribution < 1.29 is 19.0 Å². The van der Waals surface area contributed by atoms with Crippen LogP contribution in [0.5, 0.6) is 0 Å². The predicted molar refractivity (Wildman–Crippen MR) is 86.2 cm³/mol. The molecule has 0 N–H and O–H groups in total. The molecule has 1 aromatic heterocycles. The van der Waals surface area contributed by atoms with Gasteiger partial charge in [0.2, 0.25) is 5.91 Å². The maximum Gasteiger partial charge on any atom is 0.248 e. The van der Waals surface area contributed by atoms with Gasteiger partial charge in [-0.25, -0.2) is 0 Å². The first-order valence-electron chi connectivity index (χ1n) is 8.35. The first kappa shape index (κ1) is 17.3. The molecule has 0 aromatic carbocycles. The third-order valence-electron chi connectivity index (χ3n) is 4.39. The molecule has 8 nitrogen and oxygen atoms in total. The largest absolute Gasteiger partial charge is 0.375 e. The SMILES string of the molecule is COCC(=O)N1CCOC2(CN(Cc3cnn(C)c3)CCCO2)C1. The van der Waals surface area contributed by atoms with Gasteiger partial charge in [0.05, 0.1) is 32.5 Å². The molecule has 1 spiro atoms. The average molecular weight is 338 g/mol. The number of nitrogens with zero attached hydrogens (tertiary/aromatic N) is 4. The second-order valence-electron chi connectivity index (χ2n) is 6.44. The van der Waals surface area contributed by atoms with Gasteiger partial charge in [0.25, 0.3) is 0 Å². The fourth-order valence-electron chi connectivity index (χ4n) is 3.33. The molecule has 3 heterocycles. The molecule has 0 aliphatic carbocycles. The van der Waals surface area contributed by atoms with E-state index in [0.29, 0.717) is 32.8 Å². The molecular weight excluding hydrogens is 312 g/mol. The second-order valence-corrected chi connectivity index (χ2v) is 6.44. The number of morpholine rings is 1. The van der Waals surface area contributed by atoms with Gasteiger partial charge in [-0.05, 0) is 6.42 Å². The molecule has 0 saturated carbocycles. The van der Waals surface area contributed by atoms with Crippen molar-refractivity contribution in [2.45, 2.75) is 18.8 Å². The van der Waals surface area contributed by atoms with E-state index in [1.54, 1.807) is 4.90 Å². The summed E-state index contributed by atoms with van der Waals surface area (Å²) in [7, 11) is 3.45. The molecule has 0 radical (unpaired) electrons. The van der Waals surface area contributed by atoms with Crippen LogP contribution in [0.15, 0.2) is 12.4 Å². The molecule has 2 fully saturated rings. The molecular formula is C16H26N4O4. The number of carbonyl (C=O) groups excluding carboxylic acids is 1. The lowest BCUT2D eigenvalue weighted by Crippen LogP contribution is -2.59. The van der Waals surface area contributed by atoms with Gasteiger partial charge in [-0.15, -0.1) is 0 Å². The van der Waals surface area contributed by atoms with Crippen molar-refractivity contribution in [3.8, 4) is 0 Å². The highest BCUT2D eigenvalue weighted by Gasteiger charge is 2.42. The first-order chi connectivity index (χ1) is 11.6. The Kier molecular flexibility index (Phi) is 5.50. The smallest absolute Gasteiger partial charge is 0.248 e. The number of methoxy groups -OCH3 is 1. The van der Waals surface area contributed by atoms with Gasteiger partial charge >= 0.3 is 0 Å². The third kappa shape index (κ3) is 4.13. The summed E-state index contributed by atoms with van der Waals surface area (Å²) in [5, 5.41) is 4.23. The van der Waals surface area contributed by atoms with E-state index in [1.165, 1.54) is 7.11 Å². The van der Waals surface area contributed by atoms with E-state index in [9.17, 15) is 4.79 Å². The minimum atomic E-state index is -0.750. The summed E-state index contributed by atoms with van der Waals surface area (Å²) in [5.41, 5.74) is 1.16. The van der Waals surface area contributed by atoms with Crippen LogP contribution in [0, 0.1) is 0 Å². The fraction of sp³-hybridized carbons (Fsp3) is 0.750. The number of rotatable bonds is 4. The molecule has 2 aliphatic rings. The molecule has 134 valence electrons. The molecule has 1 aromatic rings. The van der Waals surface area contributed by atoms with Crippen molar-refractivity contribution in [2.24, 2.45) is 7.05 Å². The summed E-state index contributed by atoms with van der Waals surface area (Å²) < 4.78 is 18.8. The predicted octanol–water partition coefficient (Wildman–Crippen LogP) is -0.156. The Morgan fingerprint density at radius 3 is 2.92 bits per heavy atom. The lowest BCUT2D eigenvalue weighted by Gasteiger charge is -2.43. The molecule has 2 aliphatic heterocycles. The Balaban J connectivity index is 1.67. The highest BCUT2D eigenvalue weighted by Crippen LogP contribution is 2.25. The number of aromatic nitrogens is 2. The summed E-state index contributed by atoms with van der Waals surface area (Å²) >= 11 is 0. The number of amides is 1. The summed E-state index contributed by atoms with van der Waals surface area (Å²) in [6, 6.07) is 0. The third-order valence-corrected chi connectivity index (χ3v) is 4.39. The van der Waals surface area contributed by atoms with E-state index >= 15 is 0 Å². The van der Waals surface area contributed by atoms with E-state index in [4.69, 9.17) is 14.2 Å². The minimum absolute atomic E-state index is 0.0215. The minimum Gasteiger partial charge on any atom is -0.375 e. The molecule has 8 heteroatoms. The van der Waals surface area contributed by atoms with Crippen molar-refractivity contribution in [3.63, 3.8) is 0 Å². The lowest BCUT2D eigenvalue weighted by molar-refractivity contribution is -0.265. The fourth-order valence-corrected chi connectivity index (χ4v) is 3.33.